The van der Waals surface area contributed by atoms with Crippen molar-refractivity contribution in [2.75, 3.05) is 6.54 Å². The number of halogens is 1. The van der Waals surface area contributed by atoms with E-state index in [2.05, 4.69) is 15.4 Å². The lowest BCUT2D eigenvalue weighted by Gasteiger charge is -2.04. The second-order valence-electron chi connectivity index (χ2n) is 4.26. The van der Waals surface area contributed by atoms with Crippen LogP contribution in [0.1, 0.15) is 16.2 Å². The monoisotopic (exact) mass is 293 g/mol. The van der Waals surface area contributed by atoms with Crippen LogP contribution in [-0.4, -0.2) is 32.1 Å². The maximum atomic E-state index is 13.5. The molecule has 0 aliphatic rings. The van der Waals surface area contributed by atoms with Crippen LogP contribution in [0.25, 0.3) is 0 Å². The van der Waals surface area contributed by atoms with Crippen molar-refractivity contribution in [1.82, 2.24) is 20.1 Å². The van der Waals surface area contributed by atoms with Gasteiger partial charge in [-0.25, -0.2) is 9.37 Å². The van der Waals surface area contributed by atoms with Crippen LogP contribution in [0.5, 0.6) is 0 Å². The molecule has 1 N–H and O–H groups in total. The van der Waals surface area contributed by atoms with E-state index < -0.39 is 16.6 Å². The van der Waals surface area contributed by atoms with Crippen molar-refractivity contribution in [2.45, 2.75) is 6.42 Å². The van der Waals surface area contributed by atoms with Crippen LogP contribution in [0.15, 0.2) is 24.5 Å². The molecule has 0 fully saturated rings. The van der Waals surface area contributed by atoms with E-state index in [1.165, 1.54) is 11.0 Å². The molecule has 1 aromatic carbocycles. The third-order valence-corrected chi connectivity index (χ3v) is 2.69. The predicted octanol–water partition coefficient (Wildman–Crippen LogP) is 0.835. The van der Waals surface area contributed by atoms with Crippen LogP contribution in [0, 0.1) is 15.9 Å². The third-order valence-electron chi connectivity index (χ3n) is 2.69. The summed E-state index contributed by atoms with van der Waals surface area (Å²) in [6.45, 7) is 0.199. The minimum absolute atomic E-state index is 0.199. The second kappa shape index (κ2) is 6.07. The summed E-state index contributed by atoms with van der Waals surface area (Å²) in [5.41, 5.74) is -0.703. The molecule has 1 amide bonds. The third kappa shape index (κ3) is 3.59. The number of nitrogens with one attached hydrogen (secondary N) is 1. The van der Waals surface area contributed by atoms with E-state index in [-0.39, 0.29) is 17.8 Å². The summed E-state index contributed by atoms with van der Waals surface area (Å²) >= 11 is 0. The molecule has 1 heterocycles. The molecule has 0 saturated heterocycles. The van der Waals surface area contributed by atoms with Gasteiger partial charge < -0.3 is 5.32 Å². The number of carbonyl (C=O) groups is 1. The normalized spacial score (nSPS) is 10.4. The topological polar surface area (TPSA) is 103 Å². The average molecular weight is 293 g/mol. The Labute approximate surface area is 118 Å². The molecule has 0 spiro atoms. The number of hydrogen-bond acceptors (Lipinski definition) is 5. The first kappa shape index (κ1) is 14.6. The molecule has 1 aromatic heterocycles. The second-order valence-corrected chi connectivity index (χ2v) is 4.26. The molecular formula is C12H12FN5O3. The van der Waals surface area contributed by atoms with Gasteiger partial charge in [0.15, 0.2) is 5.82 Å². The number of benzene rings is 1. The SMILES string of the molecule is Cn1cnc(CCNC(=O)c2cc([N+](=O)[O-])ccc2F)n1. The molecular weight excluding hydrogens is 281 g/mol. The van der Waals surface area contributed by atoms with Gasteiger partial charge in [0.25, 0.3) is 11.6 Å². The van der Waals surface area contributed by atoms with E-state index in [1.54, 1.807) is 7.05 Å². The van der Waals surface area contributed by atoms with Crippen molar-refractivity contribution < 1.29 is 14.1 Å². The molecule has 0 saturated carbocycles. The van der Waals surface area contributed by atoms with Crippen LogP contribution in [0.3, 0.4) is 0 Å². The number of nitro groups is 1. The quantitative estimate of drug-likeness (QED) is 0.649. The van der Waals surface area contributed by atoms with Crippen molar-refractivity contribution in [3.05, 3.63) is 51.8 Å². The van der Waals surface area contributed by atoms with Gasteiger partial charge in [0.05, 0.1) is 10.5 Å². The Morgan fingerprint density at radius 3 is 2.90 bits per heavy atom. The van der Waals surface area contributed by atoms with Crippen LogP contribution in [0.2, 0.25) is 0 Å². The Morgan fingerprint density at radius 1 is 1.52 bits per heavy atom. The Bertz CT molecular complexity index is 685. The van der Waals surface area contributed by atoms with Gasteiger partial charge >= 0.3 is 0 Å². The summed E-state index contributed by atoms with van der Waals surface area (Å²) in [7, 11) is 1.72. The molecule has 0 radical (unpaired) electrons. The molecule has 0 aliphatic heterocycles. The van der Waals surface area contributed by atoms with Gasteiger partial charge in [0.2, 0.25) is 0 Å². The van der Waals surface area contributed by atoms with Crippen molar-refractivity contribution >= 4 is 11.6 Å². The molecule has 21 heavy (non-hydrogen) atoms. The summed E-state index contributed by atoms with van der Waals surface area (Å²) in [6, 6.07) is 2.81. The molecule has 110 valence electrons. The number of non-ortho nitro benzene ring substituents is 1. The van der Waals surface area contributed by atoms with Crippen molar-refractivity contribution in [3.8, 4) is 0 Å². The lowest BCUT2D eigenvalue weighted by atomic mass is 10.1. The number of amides is 1. The molecule has 9 heteroatoms. The van der Waals surface area contributed by atoms with Crippen molar-refractivity contribution in [2.24, 2.45) is 7.05 Å². The van der Waals surface area contributed by atoms with E-state index in [4.69, 9.17) is 0 Å². The highest BCUT2D eigenvalue weighted by Crippen LogP contribution is 2.16. The first-order valence-corrected chi connectivity index (χ1v) is 6.04. The number of rotatable bonds is 5. The maximum Gasteiger partial charge on any atom is 0.270 e. The summed E-state index contributed by atoms with van der Waals surface area (Å²) in [4.78, 5) is 25.7. The lowest BCUT2D eigenvalue weighted by Crippen LogP contribution is -2.27. The van der Waals surface area contributed by atoms with E-state index in [1.807, 2.05) is 0 Å². The zero-order valence-electron chi connectivity index (χ0n) is 11.1. The van der Waals surface area contributed by atoms with Crippen LogP contribution in [-0.2, 0) is 13.5 Å². The number of nitro benzene ring substituents is 1. The molecule has 0 aliphatic carbocycles. The Balaban J connectivity index is 1.99. The summed E-state index contributed by atoms with van der Waals surface area (Å²) in [5, 5.41) is 17.1. The minimum Gasteiger partial charge on any atom is -0.351 e. The fourth-order valence-corrected chi connectivity index (χ4v) is 1.68. The number of nitrogens with zero attached hydrogens (tertiary/aromatic N) is 4. The molecule has 2 aromatic rings. The first-order valence-electron chi connectivity index (χ1n) is 6.04. The Hall–Kier alpha value is -2.84. The molecule has 2 rings (SSSR count). The zero-order valence-corrected chi connectivity index (χ0v) is 11.1. The van der Waals surface area contributed by atoms with E-state index in [0.717, 1.165) is 18.2 Å². The fraction of sp³-hybridized carbons (Fsp3) is 0.250. The van der Waals surface area contributed by atoms with Crippen molar-refractivity contribution in [3.63, 3.8) is 0 Å². The minimum atomic E-state index is -0.811. The van der Waals surface area contributed by atoms with Gasteiger partial charge in [-0.15, -0.1) is 0 Å². The number of aromatic nitrogens is 3. The van der Waals surface area contributed by atoms with Gasteiger partial charge in [-0.2, -0.15) is 5.10 Å². The smallest absolute Gasteiger partial charge is 0.270 e. The van der Waals surface area contributed by atoms with Gasteiger partial charge in [-0.3, -0.25) is 19.6 Å². The van der Waals surface area contributed by atoms with E-state index in [0.29, 0.717) is 12.2 Å². The summed E-state index contributed by atoms with van der Waals surface area (Å²) in [6.07, 6.45) is 1.90. The first-order chi connectivity index (χ1) is 9.97. The van der Waals surface area contributed by atoms with Gasteiger partial charge in [0, 0.05) is 32.1 Å². The highest BCUT2D eigenvalue weighted by molar-refractivity contribution is 5.95. The molecule has 0 bridgehead atoms. The summed E-state index contributed by atoms with van der Waals surface area (Å²) < 4.78 is 15.1. The number of carbonyl (C=O) groups excluding carboxylic acids is 1. The van der Waals surface area contributed by atoms with Crippen LogP contribution in [0.4, 0.5) is 10.1 Å². The van der Waals surface area contributed by atoms with Gasteiger partial charge in [-0.1, -0.05) is 0 Å². The van der Waals surface area contributed by atoms with Crippen LogP contribution < -0.4 is 5.32 Å². The number of aryl methyl sites for hydroxylation is 1. The molecule has 0 atom stereocenters. The Kier molecular flexibility index (Phi) is 4.21. The Morgan fingerprint density at radius 2 is 2.29 bits per heavy atom. The van der Waals surface area contributed by atoms with E-state index in [9.17, 15) is 19.3 Å². The molecule has 0 unspecified atom stereocenters. The summed E-state index contributed by atoms with van der Waals surface area (Å²) in [5.74, 6) is -0.987. The van der Waals surface area contributed by atoms with Gasteiger partial charge in [0.1, 0.15) is 12.1 Å². The highest BCUT2D eigenvalue weighted by atomic mass is 19.1. The largest absolute Gasteiger partial charge is 0.351 e. The zero-order chi connectivity index (χ0) is 15.4. The maximum absolute atomic E-state index is 13.5. The standard InChI is InChI=1S/C12H12FN5O3/c1-17-7-15-11(16-17)4-5-14-12(19)9-6-8(18(20)21)2-3-10(9)13/h2-3,6-7H,4-5H2,1H3,(H,14,19). The molecule has 8 nitrogen and oxygen atoms in total. The number of hydrogen-bond donors (Lipinski definition) is 1. The fourth-order valence-electron chi connectivity index (χ4n) is 1.68. The predicted molar refractivity (Wildman–Crippen MR) is 70.1 cm³/mol. The van der Waals surface area contributed by atoms with Crippen LogP contribution >= 0.6 is 0 Å². The van der Waals surface area contributed by atoms with Crippen molar-refractivity contribution in [1.29, 1.82) is 0 Å². The lowest BCUT2D eigenvalue weighted by molar-refractivity contribution is -0.384. The average Bonchev–Trinajstić information content (AvgIpc) is 2.84. The van der Waals surface area contributed by atoms with E-state index >= 15 is 0 Å². The highest BCUT2D eigenvalue weighted by Gasteiger charge is 2.16. The van der Waals surface area contributed by atoms with Gasteiger partial charge in [-0.05, 0) is 6.07 Å².